The van der Waals surface area contributed by atoms with Crippen LogP contribution in [0.3, 0.4) is 0 Å². The fourth-order valence-electron chi connectivity index (χ4n) is 2.21. The van der Waals surface area contributed by atoms with E-state index >= 15 is 0 Å². The van der Waals surface area contributed by atoms with Crippen LogP contribution >= 0.6 is 0 Å². The number of amides is 1. The number of rotatable bonds is 11. The Kier molecular flexibility index (Phi) is 10.4. The van der Waals surface area contributed by atoms with Crippen molar-refractivity contribution in [3.63, 3.8) is 0 Å². The number of carbonyl (C=O) groups is 2. The molecule has 3 heteroatoms. The van der Waals surface area contributed by atoms with E-state index < -0.39 is 0 Å². The van der Waals surface area contributed by atoms with E-state index in [0.717, 1.165) is 38.8 Å². The van der Waals surface area contributed by atoms with Gasteiger partial charge in [-0.3, -0.25) is 9.59 Å². The molecule has 0 saturated carbocycles. The molecule has 0 fully saturated rings. The van der Waals surface area contributed by atoms with Gasteiger partial charge in [-0.25, -0.2) is 0 Å². The van der Waals surface area contributed by atoms with Crippen molar-refractivity contribution in [1.82, 2.24) is 4.90 Å². The molecule has 0 saturated heterocycles. The van der Waals surface area contributed by atoms with Gasteiger partial charge >= 0.3 is 0 Å². The normalized spacial score (nSPS) is 11.5. The Morgan fingerprint density at radius 3 is 1.57 bits per heavy atom. The summed E-state index contributed by atoms with van der Waals surface area (Å²) in [7, 11) is 0. The summed E-state index contributed by atoms with van der Waals surface area (Å²) in [5.74, 6) is 1.34. The molecule has 0 bridgehead atoms. The molecule has 3 nitrogen and oxygen atoms in total. The lowest BCUT2D eigenvalue weighted by Crippen LogP contribution is -2.35. The van der Waals surface area contributed by atoms with Crippen molar-refractivity contribution in [2.75, 3.05) is 13.1 Å². The molecule has 0 aromatic heterocycles. The second kappa shape index (κ2) is 10.8. The number of hydrogen-bond acceptors (Lipinski definition) is 2. The summed E-state index contributed by atoms with van der Waals surface area (Å²) in [6.45, 7) is 14.1. The van der Waals surface area contributed by atoms with Crippen LogP contribution in [0.5, 0.6) is 0 Å². The van der Waals surface area contributed by atoms with Gasteiger partial charge in [0.05, 0.1) is 6.42 Å². The zero-order valence-corrected chi connectivity index (χ0v) is 14.9. The second-order valence-electron chi connectivity index (χ2n) is 7.25. The topological polar surface area (TPSA) is 37.4 Å². The standard InChI is InChI=1S/C18H35NO2/c1-14(2)9-7-11-19(12-8-10-15(3)4)18(21)13-17(20)16(5)6/h14-16H,7-13H2,1-6H3. The molecule has 124 valence electrons. The number of Topliss-reactive ketones (excluding diaryl/α,β-unsaturated/α-hetero) is 1. The van der Waals surface area contributed by atoms with E-state index in [1.807, 2.05) is 18.7 Å². The zero-order chi connectivity index (χ0) is 16.4. The van der Waals surface area contributed by atoms with Gasteiger partial charge in [-0.05, 0) is 37.5 Å². The summed E-state index contributed by atoms with van der Waals surface area (Å²) >= 11 is 0. The number of hydrogen-bond donors (Lipinski definition) is 0. The highest BCUT2D eigenvalue weighted by atomic mass is 16.2. The molecule has 1 amide bonds. The molecular weight excluding hydrogens is 262 g/mol. The fourth-order valence-corrected chi connectivity index (χ4v) is 2.21. The smallest absolute Gasteiger partial charge is 0.230 e. The lowest BCUT2D eigenvalue weighted by molar-refractivity contribution is -0.136. The van der Waals surface area contributed by atoms with Gasteiger partial charge < -0.3 is 4.90 Å². The van der Waals surface area contributed by atoms with E-state index in [0.29, 0.717) is 11.8 Å². The van der Waals surface area contributed by atoms with Crippen LogP contribution in [0.25, 0.3) is 0 Å². The van der Waals surface area contributed by atoms with Gasteiger partial charge in [-0.1, -0.05) is 41.5 Å². The quantitative estimate of drug-likeness (QED) is 0.533. The van der Waals surface area contributed by atoms with Crippen molar-refractivity contribution in [3.8, 4) is 0 Å². The molecule has 0 aromatic rings. The lowest BCUT2D eigenvalue weighted by Gasteiger charge is -2.24. The SMILES string of the molecule is CC(C)CCCN(CCCC(C)C)C(=O)CC(=O)C(C)C. The fraction of sp³-hybridized carbons (Fsp3) is 0.889. The van der Waals surface area contributed by atoms with E-state index in [-0.39, 0.29) is 24.0 Å². The number of ketones is 1. The predicted octanol–water partition coefficient (Wildman–Crippen LogP) is 4.30. The van der Waals surface area contributed by atoms with Crippen molar-refractivity contribution in [2.45, 2.75) is 73.6 Å². The third kappa shape index (κ3) is 10.5. The van der Waals surface area contributed by atoms with Gasteiger partial charge in [0.2, 0.25) is 5.91 Å². The molecular formula is C18H35NO2. The van der Waals surface area contributed by atoms with Crippen LogP contribution in [0, 0.1) is 17.8 Å². The summed E-state index contributed by atoms with van der Waals surface area (Å²) in [4.78, 5) is 26.0. The Balaban J connectivity index is 4.39. The minimum atomic E-state index is -0.0536. The first-order valence-electron chi connectivity index (χ1n) is 8.54. The molecule has 0 atom stereocenters. The molecule has 0 aromatic carbocycles. The van der Waals surface area contributed by atoms with Gasteiger partial charge in [0, 0.05) is 19.0 Å². The highest BCUT2D eigenvalue weighted by Gasteiger charge is 2.18. The van der Waals surface area contributed by atoms with Crippen LogP contribution in [0.1, 0.15) is 73.6 Å². The Morgan fingerprint density at radius 1 is 0.810 bits per heavy atom. The van der Waals surface area contributed by atoms with Crippen LogP contribution in [-0.4, -0.2) is 29.7 Å². The monoisotopic (exact) mass is 297 g/mol. The number of carbonyl (C=O) groups excluding carboxylic acids is 2. The molecule has 0 aliphatic heterocycles. The van der Waals surface area contributed by atoms with Crippen molar-refractivity contribution < 1.29 is 9.59 Å². The molecule has 0 aliphatic carbocycles. The van der Waals surface area contributed by atoms with Crippen LogP contribution in [0.15, 0.2) is 0 Å². The highest BCUT2D eigenvalue weighted by Crippen LogP contribution is 2.11. The molecule has 0 rings (SSSR count). The van der Waals surface area contributed by atoms with Crippen molar-refractivity contribution in [3.05, 3.63) is 0 Å². The second-order valence-corrected chi connectivity index (χ2v) is 7.25. The molecule has 0 aliphatic rings. The van der Waals surface area contributed by atoms with E-state index in [1.54, 1.807) is 0 Å². The Hall–Kier alpha value is -0.860. The maximum absolute atomic E-state index is 12.3. The summed E-state index contributed by atoms with van der Waals surface area (Å²) in [5.41, 5.74) is 0. The minimum absolute atomic E-state index is 0.0150. The third-order valence-electron chi connectivity index (χ3n) is 3.74. The molecule has 0 radical (unpaired) electrons. The first-order chi connectivity index (χ1) is 9.73. The van der Waals surface area contributed by atoms with Gasteiger partial charge in [0.25, 0.3) is 0 Å². The van der Waals surface area contributed by atoms with E-state index in [1.165, 1.54) is 0 Å². The molecule has 0 heterocycles. The van der Waals surface area contributed by atoms with Crippen molar-refractivity contribution >= 4 is 11.7 Å². The summed E-state index contributed by atoms with van der Waals surface area (Å²) in [6.07, 6.45) is 4.39. The summed E-state index contributed by atoms with van der Waals surface area (Å²) in [6, 6.07) is 0. The van der Waals surface area contributed by atoms with E-state index in [4.69, 9.17) is 0 Å². The number of nitrogens with zero attached hydrogens (tertiary/aromatic N) is 1. The van der Waals surface area contributed by atoms with Crippen molar-refractivity contribution in [1.29, 1.82) is 0 Å². The van der Waals surface area contributed by atoms with Crippen LogP contribution in [0.4, 0.5) is 0 Å². The third-order valence-corrected chi connectivity index (χ3v) is 3.74. The molecule has 0 N–H and O–H groups in total. The molecule has 21 heavy (non-hydrogen) atoms. The average Bonchev–Trinajstić information content (AvgIpc) is 2.35. The Bertz CT molecular complexity index is 294. The average molecular weight is 297 g/mol. The van der Waals surface area contributed by atoms with Crippen molar-refractivity contribution in [2.24, 2.45) is 17.8 Å². The molecule has 0 unspecified atom stereocenters. The van der Waals surface area contributed by atoms with Gasteiger partial charge in [0.15, 0.2) is 0 Å². The summed E-state index contributed by atoms with van der Waals surface area (Å²) < 4.78 is 0. The predicted molar refractivity (Wildman–Crippen MR) is 89.2 cm³/mol. The minimum Gasteiger partial charge on any atom is -0.342 e. The Morgan fingerprint density at radius 2 is 1.24 bits per heavy atom. The first-order valence-corrected chi connectivity index (χ1v) is 8.54. The van der Waals surface area contributed by atoms with Gasteiger partial charge in [-0.15, -0.1) is 0 Å². The largest absolute Gasteiger partial charge is 0.342 e. The van der Waals surface area contributed by atoms with Crippen LogP contribution in [0.2, 0.25) is 0 Å². The van der Waals surface area contributed by atoms with Gasteiger partial charge in [-0.2, -0.15) is 0 Å². The van der Waals surface area contributed by atoms with E-state index in [9.17, 15) is 9.59 Å². The zero-order valence-electron chi connectivity index (χ0n) is 14.9. The highest BCUT2D eigenvalue weighted by molar-refractivity contribution is 5.98. The van der Waals surface area contributed by atoms with Crippen LogP contribution < -0.4 is 0 Å². The maximum atomic E-state index is 12.3. The first kappa shape index (κ1) is 20.1. The maximum Gasteiger partial charge on any atom is 0.230 e. The molecule has 0 spiro atoms. The Labute approximate surface area is 131 Å². The summed E-state index contributed by atoms with van der Waals surface area (Å²) in [5, 5.41) is 0. The lowest BCUT2D eigenvalue weighted by atomic mass is 10.0. The van der Waals surface area contributed by atoms with Crippen LogP contribution in [-0.2, 0) is 9.59 Å². The van der Waals surface area contributed by atoms with E-state index in [2.05, 4.69) is 27.7 Å². The van der Waals surface area contributed by atoms with Gasteiger partial charge in [0.1, 0.15) is 5.78 Å².